The summed E-state index contributed by atoms with van der Waals surface area (Å²) in [4.78, 5) is 9.18. The summed E-state index contributed by atoms with van der Waals surface area (Å²) >= 11 is 2.96. The minimum atomic E-state index is -0.933. The first-order valence-corrected chi connectivity index (χ1v) is 5.01. The number of hydrogen-bond acceptors (Lipinski definition) is 4. The van der Waals surface area contributed by atoms with E-state index in [4.69, 9.17) is 9.47 Å². The minimum Gasteiger partial charge on any atom is -0.493 e. The van der Waals surface area contributed by atoms with Crippen LogP contribution in [0.25, 0.3) is 0 Å². The predicted octanol–water partition coefficient (Wildman–Crippen LogP) is 2.37. The molecule has 82 valence electrons. The van der Waals surface area contributed by atoms with E-state index in [1.54, 1.807) is 18.2 Å². The highest BCUT2D eigenvalue weighted by Gasteiger charge is 2.19. The van der Waals surface area contributed by atoms with Crippen molar-refractivity contribution in [2.75, 3.05) is 14.2 Å². The second-order valence-corrected chi connectivity index (χ2v) is 3.60. The third kappa shape index (κ3) is 2.59. The molecule has 0 radical (unpaired) electrons. The van der Waals surface area contributed by atoms with Crippen molar-refractivity contribution >= 4 is 15.9 Å². The molecule has 1 unspecified atom stereocenters. The van der Waals surface area contributed by atoms with Gasteiger partial charge in [-0.25, -0.2) is 0 Å². The number of halogens is 1. The van der Waals surface area contributed by atoms with Gasteiger partial charge in [0.05, 0.1) is 14.2 Å². The molecule has 0 saturated carbocycles. The minimum absolute atomic E-state index is 0.429. The van der Waals surface area contributed by atoms with Gasteiger partial charge in [-0.15, -0.1) is 0 Å². The number of benzene rings is 1. The molecule has 0 saturated heterocycles. The molecule has 0 aliphatic rings. The van der Waals surface area contributed by atoms with Gasteiger partial charge in [0.1, 0.15) is 0 Å². The second-order valence-electron chi connectivity index (χ2n) is 2.74. The normalized spacial score (nSPS) is 11.9. The summed E-state index contributed by atoms with van der Waals surface area (Å²) in [5.41, 5.74) is 0.512. The zero-order valence-electron chi connectivity index (χ0n) is 8.27. The van der Waals surface area contributed by atoms with Crippen LogP contribution in [0.1, 0.15) is 10.5 Å². The van der Waals surface area contributed by atoms with Gasteiger partial charge in [-0.2, -0.15) is 0 Å². The number of ether oxygens (including phenoxy) is 2. The van der Waals surface area contributed by atoms with Gasteiger partial charge in [-0.3, -0.25) is 10.1 Å². The molecule has 0 amide bonds. The number of nitro groups is 1. The molecule has 1 aromatic rings. The summed E-state index contributed by atoms with van der Waals surface area (Å²) in [6.45, 7) is 0. The lowest BCUT2D eigenvalue weighted by atomic mass is 10.2. The Labute approximate surface area is 95.3 Å². The molecule has 0 aromatic heterocycles. The van der Waals surface area contributed by atoms with Gasteiger partial charge in [0.2, 0.25) is 0 Å². The SMILES string of the molecule is COc1ccc(C(Br)[N+](=O)[O-])cc1OC. The molecule has 0 aliphatic heterocycles. The van der Waals surface area contributed by atoms with Crippen LogP contribution in [0, 0.1) is 10.1 Å². The lowest BCUT2D eigenvalue weighted by molar-refractivity contribution is -0.498. The Kier molecular flexibility index (Phi) is 3.90. The molecule has 0 bridgehead atoms. The number of alkyl halides is 1. The van der Waals surface area contributed by atoms with Crippen LogP contribution < -0.4 is 9.47 Å². The first kappa shape index (κ1) is 11.8. The van der Waals surface area contributed by atoms with Crippen LogP contribution >= 0.6 is 15.9 Å². The summed E-state index contributed by atoms with van der Waals surface area (Å²) in [6, 6.07) is 4.82. The van der Waals surface area contributed by atoms with E-state index in [1.807, 2.05) is 0 Å². The average Bonchev–Trinajstić information content (AvgIpc) is 2.26. The fourth-order valence-corrected chi connectivity index (χ4v) is 1.41. The average molecular weight is 276 g/mol. The summed E-state index contributed by atoms with van der Waals surface area (Å²) in [7, 11) is 2.99. The number of rotatable bonds is 4. The highest BCUT2D eigenvalue weighted by molar-refractivity contribution is 9.09. The molecule has 0 fully saturated rings. The van der Waals surface area contributed by atoms with Crippen molar-refractivity contribution in [2.45, 2.75) is 4.95 Å². The first-order chi connectivity index (χ1) is 7.10. The first-order valence-electron chi connectivity index (χ1n) is 4.09. The fraction of sp³-hybridized carbons (Fsp3) is 0.333. The lowest BCUT2D eigenvalue weighted by Crippen LogP contribution is -2.03. The van der Waals surface area contributed by atoms with Crippen LogP contribution in [0.4, 0.5) is 0 Å². The summed E-state index contributed by atoms with van der Waals surface area (Å²) in [5, 5.41) is 10.5. The second kappa shape index (κ2) is 4.97. The van der Waals surface area contributed by atoms with Crippen LogP contribution in [0.3, 0.4) is 0 Å². The van der Waals surface area contributed by atoms with Crippen molar-refractivity contribution in [2.24, 2.45) is 0 Å². The van der Waals surface area contributed by atoms with Gasteiger partial charge in [0, 0.05) is 26.4 Å². The maximum Gasteiger partial charge on any atom is 0.291 e. The van der Waals surface area contributed by atoms with E-state index in [2.05, 4.69) is 15.9 Å². The molecule has 15 heavy (non-hydrogen) atoms. The Bertz CT molecular complexity index is 369. The Morgan fingerprint density at radius 1 is 1.33 bits per heavy atom. The molecule has 1 rings (SSSR count). The number of nitrogens with zero attached hydrogens (tertiary/aromatic N) is 1. The third-order valence-corrected chi connectivity index (χ3v) is 2.73. The van der Waals surface area contributed by atoms with Gasteiger partial charge >= 0.3 is 0 Å². The molecule has 1 atom stereocenters. The van der Waals surface area contributed by atoms with Gasteiger partial charge in [0.15, 0.2) is 11.5 Å². The molecule has 0 N–H and O–H groups in total. The van der Waals surface area contributed by atoms with Crippen LogP contribution in [-0.4, -0.2) is 19.1 Å². The van der Waals surface area contributed by atoms with E-state index < -0.39 is 9.87 Å². The van der Waals surface area contributed by atoms with E-state index in [0.29, 0.717) is 17.1 Å². The molecular formula is C9H10BrNO4. The molecule has 0 aliphatic carbocycles. The fourth-order valence-electron chi connectivity index (χ4n) is 1.12. The number of methoxy groups -OCH3 is 2. The molecule has 0 heterocycles. The van der Waals surface area contributed by atoms with Crippen molar-refractivity contribution in [3.63, 3.8) is 0 Å². The maximum atomic E-state index is 10.5. The van der Waals surface area contributed by atoms with Gasteiger partial charge in [0.25, 0.3) is 4.95 Å². The van der Waals surface area contributed by atoms with Crippen molar-refractivity contribution in [3.8, 4) is 11.5 Å². The Morgan fingerprint density at radius 2 is 1.93 bits per heavy atom. The highest BCUT2D eigenvalue weighted by Crippen LogP contribution is 2.32. The van der Waals surface area contributed by atoms with E-state index in [-0.39, 0.29) is 0 Å². The molecule has 5 nitrogen and oxygen atoms in total. The van der Waals surface area contributed by atoms with Crippen molar-refractivity contribution in [1.82, 2.24) is 0 Å². The van der Waals surface area contributed by atoms with Gasteiger partial charge in [-0.1, -0.05) is 0 Å². The molecule has 0 spiro atoms. The standard InChI is InChI=1S/C9H10BrNO4/c1-14-7-4-3-6(5-8(7)15-2)9(10)11(12)13/h3-5,9H,1-2H3. The van der Waals surface area contributed by atoms with Gasteiger partial charge < -0.3 is 9.47 Å². The summed E-state index contributed by atoms with van der Waals surface area (Å²) in [6.07, 6.45) is 0. The Morgan fingerprint density at radius 3 is 2.40 bits per heavy atom. The van der Waals surface area contributed by atoms with E-state index in [1.165, 1.54) is 14.2 Å². The zero-order chi connectivity index (χ0) is 11.4. The van der Waals surface area contributed by atoms with Crippen molar-refractivity contribution < 1.29 is 14.4 Å². The van der Waals surface area contributed by atoms with E-state index in [9.17, 15) is 10.1 Å². The largest absolute Gasteiger partial charge is 0.493 e. The smallest absolute Gasteiger partial charge is 0.291 e. The Hall–Kier alpha value is -1.30. The molecule has 1 aromatic carbocycles. The van der Waals surface area contributed by atoms with Crippen LogP contribution in [0.15, 0.2) is 18.2 Å². The van der Waals surface area contributed by atoms with Gasteiger partial charge in [-0.05, 0) is 18.2 Å². The van der Waals surface area contributed by atoms with Crippen LogP contribution in [0.5, 0.6) is 11.5 Å². The molecular weight excluding hydrogens is 266 g/mol. The van der Waals surface area contributed by atoms with Crippen molar-refractivity contribution in [3.05, 3.63) is 33.9 Å². The third-order valence-electron chi connectivity index (χ3n) is 1.87. The highest BCUT2D eigenvalue weighted by atomic mass is 79.9. The van der Waals surface area contributed by atoms with E-state index in [0.717, 1.165) is 0 Å². The maximum absolute atomic E-state index is 10.5. The van der Waals surface area contributed by atoms with Crippen LogP contribution in [-0.2, 0) is 0 Å². The number of hydrogen-bond donors (Lipinski definition) is 0. The van der Waals surface area contributed by atoms with E-state index >= 15 is 0 Å². The lowest BCUT2D eigenvalue weighted by Gasteiger charge is -2.09. The van der Waals surface area contributed by atoms with Crippen LogP contribution in [0.2, 0.25) is 0 Å². The zero-order valence-corrected chi connectivity index (χ0v) is 9.85. The predicted molar refractivity (Wildman–Crippen MR) is 58.2 cm³/mol. The molecule has 6 heteroatoms. The summed E-state index contributed by atoms with van der Waals surface area (Å²) in [5.74, 6) is 1.02. The monoisotopic (exact) mass is 275 g/mol. The topological polar surface area (TPSA) is 61.6 Å². The quantitative estimate of drug-likeness (QED) is 0.366. The summed E-state index contributed by atoms with van der Waals surface area (Å²) < 4.78 is 10.1. The van der Waals surface area contributed by atoms with Crippen molar-refractivity contribution in [1.29, 1.82) is 0 Å². The Balaban J connectivity index is 3.07.